The zero-order chi connectivity index (χ0) is 15.3. The molecule has 108 valence electrons. The van der Waals surface area contributed by atoms with Crippen LogP contribution in [0.3, 0.4) is 0 Å². The molecule has 0 radical (unpaired) electrons. The van der Waals surface area contributed by atoms with E-state index in [1.807, 2.05) is 0 Å². The fraction of sp³-hybridized carbons (Fsp3) is 0. The molecule has 0 unspecified atom stereocenters. The second-order valence-electron chi connectivity index (χ2n) is 3.85. The number of aromatic hydroxyl groups is 2. The van der Waals surface area contributed by atoms with E-state index in [2.05, 4.69) is 0 Å². The van der Waals surface area contributed by atoms with Crippen LogP contribution in [0.1, 0.15) is 0 Å². The van der Waals surface area contributed by atoms with Crippen molar-refractivity contribution in [2.24, 2.45) is 0 Å². The van der Waals surface area contributed by atoms with Crippen LogP contribution in [0.5, 0.6) is 11.5 Å². The number of hydrogen-bond acceptors (Lipinski definition) is 6. The largest absolute Gasteiger partial charge is 0.506 e. The Bertz CT molecular complexity index is 912. The number of phenolic OH excluding ortho intramolecular Hbond substituents is 2. The predicted octanol–water partition coefficient (Wildman–Crippen LogP) is 0.744. The molecule has 0 atom stereocenters. The van der Waals surface area contributed by atoms with E-state index in [0.717, 1.165) is 12.1 Å². The second kappa shape index (κ2) is 4.31. The first-order valence-corrected chi connectivity index (χ1v) is 7.84. The Kier molecular flexibility index (Phi) is 3.13. The summed E-state index contributed by atoms with van der Waals surface area (Å²) < 4.78 is 63.0. The van der Waals surface area contributed by atoms with Crippen molar-refractivity contribution in [3.05, 3.63) is 24.3 Å². The zero-order valence-electron chi connectivity index (χ0n) is 9.55. The van der Waals surface area contributed by atoms with Gasteiger partial charge >= 0.3 is 10.1 Å². The summed E-state index contributed by atoms with van der Waals surface area (Å²) in [4.78, 5) is -2.50. The Morgan fingerprint density at radius 2 is 1.15 bits per heavy atom. The molecule has 0 saturated heterocycles. The maximum absolute atomic E-state index is 11.3. The van der Waals surface area contributed by atoms with Crippen molar-refractivity contribution >= 4 is 31.0 Å². The minimum atomic E-state index is -5.11. The van der Waals surface area contributed by atoms with Gasteiger partial charge in [-0.05, 0) is 0 Å². The summed E-state index contributed by atoms with van der Waals surface area (Å²) >= 11 is 0. The smallest absolute Gasteiger partial charge is 0.302 e. The van der Waals surface area contributed by atoms with Crippen LogP contribution < -0.4 is 0 Å². The van der Waals surface area contributed by atoms with Crippen LogP contribution in [-0.4, -0.2) is 36.2 Å². The molecule has 0 heterocycles. The highest BCUT2D eigenvalue weighted by Gasteiger charge is 2.31. The second-order valence-corrected chi connectivity index (χ2v) is 6.57. The van der Waals surface area contributed by atoms with Gasteiger partial charge < -0.3 is 10.2 Å². The predicted molar refractivity (Wildman–Crippen MR) is 66.9 cm³/mol. The molecule has 8 nitrogen and oxygen atoms in total. The third-order valence-corrected chi connectivity index (χ3v) is 4.42. The topological polar surface area (TPSA) is 149 Å². The van der Waals surface area contributed by atoms with Crippen LogP contribution in [0.25, 0.3) is 10.8 Å². The van der Waals surface area contributed by atoms with E-state index in [0.29, 0.717) is 0 Å². The van der Waals surface area contributed by atoms with Gasteiger partial charge in [-0.15, -0.1) is 0 Å². The van der Waals surface area contributed by atoms with Gasteiger partial charge in [0.05, 0.1) is 0 Å². The van der Waals surface area contributed by atoms with Crippen LogP contribution >= 0.6 is 0 Å². The lowest BCUT2D eigenvalue weighted by molar-refractivity contribution is 0.403. The molecule has 0 aliphatic carbocycles. The van der Waals surface area contributed by atoms with Crippen molar-refractivity contribution in [2.45, 2.75) is 9.79 Å². The molecule has 0 aliphatic rings. The highest BCUT2D eigenvalue weighted by atomic mass is 32.2. The molecule has 0 aliphatic heterocycles. The standard InChI is InChI=1S/C10H8O8S2/c11-7-5-3-1-2-4-6(5)9(19(13,14)15)8(12)10(7)20(16,17)18/h1-4,11-12H,(H,13,14,15)(H,16,17,18). The van der Waals surface area contributed by atoms with Gasteiger partial charge in [-0.3, -0.25) is 9.11 Å². The van der Waals surface area contributed by atoms with E-state index in [4.69, 9.17) is 9.11 Å². The molecule has 2 aromatic rings. The van der Waals surface area contributed by atoms with E-state index < -0.39 is 41.5 Å². The fourth-order valence-electron chi connectivity index (χ4n) is 1.86. The Balaban J connectivity index is 3.23. The average molecular weight is 320 g/mol. The van der Waals surface area contributed by atoms with Gasteiger partial charge in [-0.1, -0.05) is 24.3 Å². The molecular formula is C10H8O8S2. The molecule has 0 fully saturated rings. The van der Waals surface area contributed by atoms with E-state index in [1.165, 1.54) is 12.1 Å². The van der Waals surface area contributed by atoms with Crippen LogP contribution in [0.2, 0.25) is 0 Å². The number of benzene rings is 2. The van der Waals surface area contributed by atoms with Crippen LogP contribution in [0.4, 0.5) is 0 Å². The lowest BCUT2D eigenvalue weighted by Gasteiger charge is -2.12. The Labute approximate surface area is 113 Å². The van der Waals surface area contributed by atoms with Crippen molar-refractivity contribution in [3.8, 4) is 11.5 Å². The highest BCUT2D eigenvalue weighted by molar-refractivity contribution is 7.87. The third kappa shape index (κ3) is 2.18. The first-order chi connectivity index (χ1) is 9.05. The number of phenols is 2. The van der Waals surface area contributed by atoms with E-state index in [1.54, 1.807) is 0 Å². The lowest BCUT2D eigenvalue weighted by Crippen LogP contribution is -2.06. The molecule has 2 rings (SSSR count). The van der Waals surface area contributed by atoms with Crippen LogP contribution in [0.15, 0.2) is 34.1 Å². The van der Waals surface area contributed by atoms with Crippen molar-refractivity contribution < 1.29 is 36.2 Å². The minimum Gasteiger partial charge on any atom is -0.506 e. The van der Waals surface area contributed by atoms with Gasteiger partial charge in [0.1, 0.15) is 10.6 Å². The monoisotopic (exact) mass is 320 g/mol. The fourth-order valence-corrected chi connectivity index (χ4v) is 3.43. The Morgan fingerprint density at radius 1 is 0.700 bits per heavy atom. The number of rotatable bonds is 2. The molecule has 2 aromatic carbocycles. The van der Waals surface area contributed by atoms with Gasteiger partial charge in [0.2, 0.25) is 0 Å². The Morgan fingerprint density at radius 3 is 1.60 bits per heavy atom. The van der Waals surface area contributed by atoms with Gasteiger partial charge in [0.15, 0.2) is 10.6 Å². The van der Waals surface area contributed by atoms with Crippen molar-refractivity contribution in [2.75, 3.05) is 0 Å². The SMILES string of the molecule is O=S(=O)(O)c1c(O)c(S(=O)(=O)O)c2ccccc2c1O. The molecule has 0 spiro atoms. The number of hydrogen-bond donors (Lipinski definition) is 4. The minimum absolute atomic E-state index is 0.273. The average Bonchev–Trinajstić information content (AvgIpc) is 2.25. The summed E-state index contributed by atoms with van der Waals surface area (Å²) in [5.74, 6) is -2.47. The van der Waals surface area contributed by atoms with Crippen LogP contribution in [0, 0.1) is 0 Å². The summed E-state index contributed by atoms with van der Waals surface area (Å²) in [6.07, 6.45) is 0. The first kappa shape index (κ1) is 14.5. The Hall–Kier alpha value is -1.88. The molecular weight excluding hydrogens is 312 g/mol. The molecule has 4 N–H and O–H groups in total. The molecule has 20 heavy (non-hydrogen) atoms. The summed E-state index contributed by atoms with van der Waals surface area (Å²) in [7, 11) is -10.1. The molecule has 0 aromatic heterocycles. The van der Waals surface area contributed by atoms with Gasteiger partial charge in [-0.2, -0.15) is 16.8 Å². The zero-order valence-corrected chi connectivity index (χ0v) is 11.2. The maximum Gasteiger partial charge on any atom is 0.302 e. The molecule has 0 bridgehead atoms. The molecule has 10 heteroatoms. The summed E-state index contributed by atoms with van der Waals surface area (Å²) in [5.41, 5.74) is 0. The third-order valence-electron chi connectivity index (χ3n) is 2.59. The maximum atomic E-state index is 11.3. The quantitative estimate of drug-likeness (QED) is 0.592. The van der Waals surface area contributed by atoms with Gasteiger partial charge in [-0.25, -0.2) is 0 Å². The summed E-state index contributed by atoms with van der Waals surface area (Å²) in [6.45, 7) is 0. The summed E-state index contributed by atoms with van der Waals surface area (Å²) in [6, 6.07) is 5.02. The summed E-state index contributed by atoms with van der Waals surface area (Å²) in [5, 5.41) is 18.9. The van der Waals surface area contributed by atoms with E-state index in [9.17, 15) is 27.0 Å². The van der Waals surface area contributed by atoms with E-state index in [-0.39, 0.29) is 10.8 Å². The van der Waals surface area contributed by atoms with E-state index >= 15 is 0 Å². The van der Waals surface area contributed by atoms with Crippen LogP contribution in [-0.2, 0) is 20.2 Å². The normalized spacial score (nSPS) is 12.7. The molecule has 0 saturated carbocycles. The van der Waals surface area contributed by atoms with Crippen molar-refractivity contribution in [3.63, 3.8) is 0 Å². The lowest BCUT2D eigenvalue weighted by atomic mass is 10.1. The van der Waals surface area contributed by atoms with Gasteiger partial charge in [0.25, 0.3) is 10.1 Å². The first-order valence-electron chi connectivity index (χ1n) is 4.96. The highest BCUT2D eigenvalue weighted by Crippen LogP contribution is 2.44. The van der Waals surface area contributed by atoms with Crippen molar-refractivity contribution in [1.82, 2.24) is 0 Å². The van der Waals surface area contributed by atoms with Crippen molar-refractivity contribution in [1.29, 1.82) is 0 Å². The number of fused-ring (bicyclic) bond motifs is 1. The van der Waals surface area contributed by atoms with Gasteiger partial charge in [0, 0.05) is 10.8 Å². The molecule has 0 amide bonds.